The number of carbonyl (C=O) groups excluding carboxylic acids is 2. The van der Waals surface area contributed by atoms with Crippen molar-refractivity contribution in [3.8, 4) is 0 Å². The second kappa shape index (κ2) is 48.5. The highest BCUT2D eigenvalue weighted by atomic mass is 16.5. The Labute approximate surface area is 366 Å². The molecule has 0 aromatic carbocycles. The Balaban J connectivity index is 3.49. The number of esters is 1. The zero-order valence-corrected chi connectivity index (χ0v) is 39.0. The van der Waals surface area contributed by atoms with E-state index in [2.05, 4.69) is 55.6 Å². The lowest BCUT2D eigenvalue weighted by Crippen LogP contribution is -2.45. The third kappa shape index (κ3) is 45.2. The topological polar surface area (TPSA) is 95.9 Å². The van der Waals surface area contributed by atoms with Crippen molar-refractivity contribution < 1.29 is 24.5 Å². The van der Waals surface area contributed by atoms with Gasteiger partial charge in [-0.15, -0.1) is 0 Å². The number of carbonyl (C=O) groups is 2. The number of nitrogens with one attached hydrogen (secondary N) is 1. The van der Waals surface area contributed by atoms with Crippen LogP contribution in [0.15, 0.2) is 48.6 Å². The van der Waals surface area contributed by atoms with Gasteiger partial charge >= 0.3 is 5.97 Å². The molecule has 3 N–H and O–H groups in total. The molecule has 0 heterocycles. The third-order valence-corrected chi connectivity index (χ3v) is 11.3. The van der Waals surface area contributed by atoms with Gasteiger partial charge in [0.1, 0.15) is 0 Å². The molecule has 2 unspecified atom stereocenters. The lowest BCUT2D eigenvalue weighted by molar-refractivity contribution is -0.143. The maximum absolute atomic E-state index is 12.4. The van der Waals surface area contributed by atoms with Crippen molar-refractivity contribution in [2.24, 2.45) is 0 Å². The van der Waals surface area contributed by atoms with E-state index in [0.29, 0.717) is 19.4 Å². The molecule has 6 nitrogen and oxygen atoms in total. The van der Waals surface area contributed by atoms with Gasteiger partial charge in [-0.3, -0.25) is 9.59 Å². The monoisotopic (exact) mass is 828 g/mol. The summed E-state index contributed by atoms with van der Waals surface area (Å²) in [5.41, 5.74) is 0. The van der Waals surface area contributed by atoms with Crippen LogP contribution in [0, 0.1) is 0 Å². The highest BCUT2D eigenvalue weighted by Crippen LogP contribution is 2.14. The summed E-state index contributed by atoms with van der Waals surface area (Å²) in [6.45, 7) is 4.82. The molecule has 0 aromatic rings. The minimum Gasteiger partial charge on any atom is -0.466 e. The van der Waals surface area contributed by atoms with E-state index in [0.717, 1.165) is 70.6 Å². The van der Waals surface area contributed by atoms with Crippen LogP contribution in [0.1, 0.15) is 251 Å². The largest absolute Gasteiger partial charge is 0.466 e. The molecule has 59 heavy (non-hydrogen) atoms. The van der Waals surface area contributed by atoms with Crippen LogP contribution in [-0.2, 0) is 14.3 Å². The van der Waals surface area contributed by atoms with Gasteiger partial charge < -0.3 is 20.3 Å². The molecule has 0 saturated carbocycles. The molecular weight excluding hydrogens is 731 g/mol. The molecule has 0 radical (unpaired) electrons. The molecule has 0 aromatic heterocycles. The SMILES string of the molecule is CCCCCC/C=C\C/C=C\CCCCCCCC(=O)OCCCCCCCCC/C=C\CCCCCCCC(=O)NC(CO)C(O)/C=C/CCCCCCCCCC. The first-order valence-electron chi connectivity index (χ1n) is 25.4. The van der Waals surface area contributed by atoms with Crippen LogP contribution in [-0.4, -0.2) is 47.4 Å². The number of aliphatic hydroxyl groups is 2. The number of rotatable bonds is 46. The van der Waals surface area contributed by atoms with E-state index in [9.17, 15) is 19.8 Å². The van der Waals surface area contributed by atoms with Gasteiger partial charge in [0.15, 0.2) is 0 Å². The van der Waals surface area contributed by atoms with E-state index in [1.165, 1.54) is 154 Å². The fourth-order valence-corrected chi connectivity index (χ4v) is 7.36. The number of unbranched alkanes of at least 4 members (excludes halogenated alkanes) is 29. The van der Waals surface area contributed by atoms with Gasteiger partial charge in [0.25, 0.3) is 0 Å². The smallest absolute Gasteiger partial charge is 0.305 e. The third-order valence-electron chi connectivity index (χ3n) is 11.3. The fraction of sp³-hybridized carbons (Fsp3) is 0.811. The van der Waals surface area contributed by atoms with E-state index < -0.39 is 12.1 Å². The van der Waals surface area contributed by atoms with Gasteiger partial charge in [-0.2, -0.15) is 0 Å². The van der Waals surface area contributed by atoms with Gasteiger partial charge in [-0.05, 0) is 89.9 Å². The quantitative estimate of drug-likeness (QED) is 0.0323. The molecule has 0 rings (SSSR count). The Morgan fingerprint density at radius 2 is 0.847 bits per heavy atom. The van der Waals surface area contributed by atoms with Crippen LogP contribution < -0.4 is 5.32 Å². The molecule has 344 valence electrons. The summed E-state index contributed by atoms with van der Waals surface area (Å²) >= 11 is 0. The number of hydrogen-bond acceptors (Lipinski definition) is 5. The Morgan fingerprint density at radius 1 is 0.475 bits per heavy atom. The molecule has 0 aliphatic rings. The average molecular weight is 828 g/mol. The van der Waals surface area contributed by atoms with Gasteiger partial charge in [0.2, 0.25) is 5.91 Å². The van der Waals surface area contributed by atoms with Gasteiger partial charge in [-0.25, -0.2) is 0 Å². The molecule has 2 atom stereocenters. The molecular formula is C53H97NO5. The molecule has 0 aliphatic heterocycles. The number of hydrogen-bond donors (Lipinski definition) is 3. The Bertz CT molecular complexity index is 1000. The Hall–Kier alpha value is -2.18. The lowest BCUT2D eigenvalue weighted by atomic mass is 10.1. The van der Waals surface area contributed by atoms with E-state index in [1.54, 1.807) is 6.08 Å². The van der Waals surface area contributed by atoms with Crippen molar-refractivity contribution in [3.63, 3.8) is 0 Å². The zero-order chi connectivity index (χ0) is 43.0. The van der Waals surface area contributed by atoms with Gasteiger partial charge in [0, 0.05) is 12.8 Å². The Kier molecular flexibility index (Phi) is 46.7. The van der Waals surface area contributed by atoms with Gasteiger partial charge in [0.05, 0.1) is 25.4 Å². The minimum absolute atomic E-state index is 0.0186. The van der Waals surface area contributed by atoms with Crippen molar-refractivity contribution >= 4 is 11.9 Å². The van der Waals surface area contributed by atoms with E-state index >= 15 is 0 Å². The van der Waals surface area contributed by atoms with Crippen molar-refractivity contribution in [2.45, 2.75) is 264 Å². The van der Waals surface area contributed by atoms with Crippen LogP contribution in [0.4, 0.5) is 0 Å². The first-order valence-corrected chi connectivity index (χ1v) is 25.4. The minimum atomic E-state index is -0.854. The van der Waals surface area contributed by atoms with E-state index in [1.807, 2.05) is 6.08 Å². The number of allylic oxidation sites excluding steroid dienone is 7. The number of ether oxygens (including phenoxy) is 1. The molecule has 0 saturated heterocycles. The normalized spacial score (nSPS) is 13.1. The molecule has 0 bridgehead atoms. The summed E-state index contributed by atoms with van der Waals surface area (Å²) in [5, 5.41) is 22.9. The van der Waals surface area contributed by atoms with Crippen molar-refractivity contribution in [1.29, 1.82) is 0 Å². The van der Waals surface area contributed by atoms with Crippen molar-refractivity contribution in [3.05, 3.63) is 48.6 Å². The molecule has 6 heteroatoms. The zero-order valence-electron chi connectivity index (χ0n) is 39.0. The highest BCUT2D eigenvalue weighted by Gasteiger charge is 2.18. The lowest BCUT2D eigenvalue weighted by Gasteiger charge is -2.20. The van der Waals surface area contributed by atoms with Crippen LogP contribution >= 0.6 is 0 Å². The Morgan fingerprint density at radius 3 is 1.32 bits per heavy atom. The summed E-state index contributed by atoms with van der Waals surface area (Å²) in [6.07, 6.45) is 59.7. The highest BCUT2D eigenvalue weighted by molar-refractivity contribution is 5.76. The number of amides is 1. The predicted octanol–water partition coefficient (Wildman–Crippen LogP) is 15.1. The van der Waals surface area contributed by atoms with Crippen molar-refractivity contribution in [1.82, 2.24) is 5.32 Å². The van der Waals surface area contributed by atoms with E-state index in [4.69, 9.17) is 4.74 Å². The summed E-state index contributed by atoms with van der Waals surface area (Å²) < 4.78 is 5.45. The van der Waals surface area contributed by atoms with Crippen molar-refractivity contribution in [2.75, 3.05) is 13.2 Å². The fourth-order valence-electron chi connectivity index (χ4n) is 7.36. The van der Waals surface area contributed by atoms with Crippen LogP contribution in [0.2, 0.25) is 0 Å². The standard InChI is InChI=1S/C53H97NO5/c1-3-5-7-9-11-13-15-16-17-21-24-27-31-35-39-43-47-53(58)59-48-44-40-36-32-28-25-22-19-18-20-23-26-30-34-38-42-46-52(57)54-50(49-55)51(56)45-41-37-33-29-14-12-10-8-6-4-2/h13,15,17-18,20-21,41,45,50-51,55-56H,3-12,14,16,19,22-40,42-44,46-49H2,1-2H3,(H,54,57)/b15-13-,20-18-,21-17-,45-41+. The molecule has 0 spiro atoms. The molecule has 0 fully saturated rings. The molecule has 0 aliphatic carbocycles. The summed E-state index contributed by atoms with van der Waals surface area (Å²) in [4.78, 5) is 24.4. The van der Waals surface area contributed by atoms with Crippen LogP contribution in [0.3, 0.4) is 0 Å². The predicted molar refractivity (Wildman–Crippen MR) is 255 cm³/mol. The maximum Gasteiger partial charge on any atom is 0.305 e. The number of aliphatic hydroxyl groups excluding tert-OH is 2. The van der Waals surface area contributed by atoms with Gasteiger partial charge in [-0.1, -0.05) is 197 Å². The molecule has 1 amide bonds. The summed E-state index contributed by atoms with van der Waals surface area (Å²) in [5.74, 6) is -0.108. The second-order valence-corrected chi connectivity index (χ2v) is 17.1. The van der Waals surface area contributed by atoms with Crippen LogP contribution in [0.5, 0.6) is 0 Å². The second-order valence-electron chi connectivity index (χ2n) is 17.1. The maximum atomic E-state index is 12.4. The van der Waals surface area contributed by atoms with Crippen LogP contribution in [0.25, 0.3) is 0 Å². The first kappa shape index (κ1) is 56.8. The summed E-state index contributed by atoms with van der Waals surface area (Å²) in [6, 6.07) is -0.639. The first-order chi connectivity index (χ1) is 29.0. The summed E-state index contributed by atoms with van der Waals surface area (Å²) in [7, 11) is 0. The average Bonchev–Trinajstić information content (AvgIpc) is 3.24. The van der Waals surface area contributed by atoms with E-state index in [-0.39, 0.29) is 18.5 Å².